The molecule has 8 nitrogen and oxygen atoms in total. The SMILES string of the molecule is C=O.CC(=O)N1CCc2c(c(N3CCCc4cc(-c5cnn(C)c5)c(C(F)F)cc43)nn2C2CCCCC2)C1. The maximum absolute atomic E-state index is 14.4. The lowest BCUT2D eigenvalue weighted by atomic mass is 9.92. The van der Waals surface area contributed by atoms with Crippen LogP contribution >= 0.6 is 0 Å². The van der Waals surface area contributed by atoms with Gasteiger partial charge in [0.05, 0.1) is 18.8 Å². The van der Waals surface area contributed by atoms with Crippen LogP contribution in [-0.2, 0) is 36.0 Å². The molecule has 1 amide bonds. The zero-order valence-corrected chi connectivity index (χ0v) is 22.7. The van der Waals surface area contributed by atoms with Crippen molar-refractivity contribution in [1.29, 1.82) is 0 Å². The molecule has 0 saturated heterocycles. The van der Waals surface area contributed by atoms with Crippen LogP contribution in [-0.4, -0.2) is 50.2 Å². The lowest BCUT2D eigenvalue weighted by Gasteiger charge is -2.33. The zero-order valence-electron chi connectivity index (χ0n) is 22.7. The van der Waals surface area contributed by atoms with Crippen LogP contribution in [0.5, 0.6) is 0 Å². The van der Waals surface area contributed by atoms with Gasteiger partial charge in [-0.15, -0.1) is 0 Å². The molecule has 0 radical (unpaired) electrons. The van der Waals surface area contributed by atoms with Crippen molar-refractivity contribution in [2.75, 3.05) is 18.0 Å². The third-order valence-corrected chi connectivity index (χ3v) is 8.31. The van der Waals surface area contributed by atoms with E-state index in [9.17, 15) is 13.6 Å². The summed E-state index contributed by atoms with van der Waals surface area (Å²) in [5.74, 6) is 0.893. The molecule has 0 N–H and O–H groups in total. The Kier molecular flexibility index (Phi) is 7.81. The Balaban J connectivity index is 0.00000151. The molecular weight excluding hydrogens is 502 g/mol. The van der Waals surface area contributed by atoms with Crippen molar-refractivity contribution < 1.29 is 18.4 Å². The minimum absolute atomic E-state index is 0.0181. The lowest BCUT2D eigenvalue weighted by molar-refractivity contribution is -0.129. The third kappa shape index (κ3) is 5.08. The average molecular weight is 539 g/mol. The van der Waals surface area contributed by atoms with Gasteiger partial charge in [-0.1, -0.05) is 19.3 Å². The first-order valence-corrected chi connectivity index (χ1v) is 13.8. The lowest BCUT2D eigenvalue weighted by Crippen LogP contribution is -2.35. The van der Waals surface area contributed by atoms with Crippen LogP contribution in [0.15, 0.2) is 24.5 Å². The number of aromatic nitrogens is 4. The number of alkyl halides is 2. The van der Waals surface area contributed by atoms with Crippen molar-refractivity contribution in [2.24, 2.45) is 7.05 Å². The highest BCUT2D eigenvalue weighted by Crippen LogP contribution is 2.44. The van der Waals surface area contributed by atoms with Crippen molar-refractivity contribution >= 4 is 24.2 Å². The highest BCUT2D eigenvalue weighted by Gasteiger charge is 2.34. The van der Waals surface area contributed by atoms with Gasteiger partial charge in [0.15, 0.2) is 5.82 Å². The van der Waals surface area contributed by atoms with Crippen molar-refractivity contribution in [2.45, 2.75) is 77.3 Å². The van der Waals surface area contributed by atoms with Gasteiger partial charge in [0.25, 0.3) is 6.43 Å². The molecule has 0 unspecified atom stereocenters. The number of fused-ring (bicyclic) bond motifs is 2. The van der Waals surface area contributed by atoms with E-state index in [1.807, 2.05) is 17.8 Å². The molecule has 3 aromatic rings. The molecule has 0 atom stereocenters. The minimum Gasteiger partial charge on any atom is -0.338 e. The van der Waals surface area contributed by atoms with Crippen LogP contribution in [0.1, 0.15) is 80.3 Å². The van der Waals surface area contributed by atoms with Crippen LogP contribution in [0.25, 0.3) is 11.1 Å². The van der Waals surface area contributed by atoms with Crippen molar-refractivity contribution in [3.8, 4) is 11.1 Å². The summed E-state index contributed by atoms with van der Waals surface area (Å²) < 4.78 is 32.6. The Hall–Kier alpha value is -3.56. The summed E-state index contributed by atoms with van der Waals surface area (Å²) in [7, 11) is 1.79. The second kappa shape index (κ2) is 11.3. The van der Waals surface area contributed by atoms with Crippen LogP contribution in [0.2, 0.25) is 0 Å². The summed E-state index contributed by atoms with van der Waals surface area (Å²) in [6.45, 7) is 5.55. The van der Waals surface area contributed by atoms with E-state index in [4.69, 9.17) is 9.89 Å². The fourth-order valence-corrected chi connectivity index (χ4v) is 6.40. The van der Waals surface area contributed by atoms with Gasteiger partial charge in [-0.3, -0.25) is 14.2 Å². The molecule has 10 heteroatoms. The van der Waals surface area contributed by atoms with E-state index in [0.29, 0.717) is 30.3 Å². The summed E-state index contributed by atoms with van der Waals surface area (Å²) in [6, 6.07) is 3.96. The molecule has 1 fully saturated rings. The maximum atomic E-state index is 14.4. The fourth-order valence-electron chi connectivity index (χ4n) is 6.40. The number of amides is 1. The third-order valence-electron chi connectivity index (χ3n) is 8.31. The molecule has 6 rings (SSSR count). The maximum Gasteiger partial charge on any atom is 0.264 e. The molecule has 1 aliphatic carbocycles. The van der Waals surface area contributed by atoms with Crippen LogP contribution in [0, 0.1) is 0 Å². The summed E-state index contributed by atoms with van der Waals surface area (Å²) >= 11 is 0. The number of nitrogens with zero attached hydrogens (tertiary/aromatic N) is 6. The van der Waals surface area contributed by atoms with Gasteiger partial charge in [-0.2, -0.15) is 10.2 Å². The van der Waals surface area contributed by atoms with Crippen molar-refractivity contribution in [3.63, 3.8) is 0 Å². The molecule has 2 aliphatic heterocycles. The topological polar surface area (TPSA) is 76.3 Å². The number of benzene rings is 1. The number of halogens is 2. The van der Waals surface area contributed by atoms with E-state index >= 15 is 0 Å². The molecule has 0 spiro atoms. The van der Waals surface area contributed by atoms with E-state index in [1.54, 1.807) is 37.1 Å². The predicted octanol–water partition coefficient (Wildman–Crippen LogP) is 5.53. The van der Waals surface area contributed by atoms with Gasteiger partial charge in [0.1, 0.15) is 6.79 Å². The number of carbonyl (C=O) groups is 2. The van der Waals surface area contributed by atoms with Gasteiger partial charge < -0.3 is 14.6 Å². The first kappa shape index (κ1) is 27.0. The van der Waals surface area contributed by atoms with Gasteiger partial charge in [0, 0.05) is 67.8 Å². The number of rotatable bonds is 4. The summed E-state index contributed by atoms with van der Waals surface area (Å²) in [5.41, 5.74) is 5.42. The monoisotopic (exact) mass is 538 g/mol. The first-order chi connectivity index (χ1) is 18.9. The average Bonchev–Trinajstić information content (AvgIpc) is 3.57. The van der Waals surface area contributed by atoms with Gasteiger partial charge >= 0.3 is 0 Å². The van der Waals surface area contributed by atoms with E-state index < -0.39 is 6.43 Å². The first-order valence-electron chi connectivity index (χ1n) is 13.8. The largest absolute Gasteiger partial charge is 0.338 e. The number of anilines is 2. The van der Waals surface area contributed by atoms with E-state index in [1.165, 1.54) is 25.0 Å². The van der Waals surface area contributed by atoms with Gasteiger partial charge in [-0.25, -0.2) is 8.78 Å². The van der Waals surface area contributed by atoms with Gasteiger partial charge in [0.2, 0.25) is 5.91 Å². The Bertz CT molecular complexity index is 1340. The number of hydrogen-bond donors (Lipinski definition) is 0. The predicted molar refractivity (Wildman–Crippen MR) is 145 cm³/mol. The molecule has 4 heterocycles. The Labute approximate surface area is 227 Å². The highest BCUT2D eigenvalue weighted by molar-refractivity contribution is 5.78. The van der Waals surface area contributed by atoms with Crippen LogP contribution < -0.4 is 4.90 Å². The molecule has 0 bridgehead atoms. The van der Waals surface area contributed by atoms with E-state index in [0.717, 1.165) is 61.3 Å². The molecule has 208 valence electrons. The molecule has 1 aromatic carbocycles. The smallest absolute Gasteiger partial charge is 0.264 e. The van der Waals surface area contributed by atoms with Crippen molar-refractivity contribution in [1.82, 2.24) is 24.5 Å². The second-order valence-corrected chi connectivity index (χ2v) is 10.7. The molecule has 1 saturated carbocycles. The summed E-state index contributed by atoms with van der Waals surface area (Å²) in [6.07, 6.45) is 9.25. The van der Waals surface area contributed by atoms with Crippen LogP contribution in [0.4, 0.5) is 20.3 Å². The Morgan fingerprint density at radius 1 is 1.08 bits per heavy atom. The molecule has 2 aromatic heterocycles. The highest BCUT2D eigenvalue weighted by atomic mass is 19.3. The summed E-state index contributed by atoms with van der Waals surface area (Å²) in [4.78, 5) is 24.3. The van der Waals surface area contributed by atoms with E-state index in [2.05, 4.69) is 14.7 Å². The summed E-state index contributed by atoms with van der Waals surface area (Å²) in [5, 5.41) is 9.40. The Morgan fingerprint density at radius 3 is 2.51 bits per heavy atom. The van der Waals surface area contributed by atoms with Crippen molar-refractivity contribution in [3.05, 3.63) is 46.9 Å². The normalized spacial score (nSPS) is 17.5. The zero-order chi connectivity index (χ0) is 27.7. The molecule has 39 heavy (non-hydrogen) atoms. The second-order valence-electron chi connectivity index (χ2n) is 10.7. The minimum atomic E-state index is -2.61. The van der Waals surface area contributed by atoms with Crippen LogP contribution in [0.3, 0.4) is 0 Å². The number of hydrogen-bond acceptors (Lipinski definition) is 5. The fraction of sp³-hybridized carbons (Fsp3) is 0.517. The number of carbonyl (C=O) groups excluding carboxylic acids is 2. The number of aryl methyl sites for hydroxylation is 2. The van der Waals surface area contributed by atoms with Gasteiger partial charge in [-0.05, 0) is 48.9 Å². The quantitative estimate of drug-likeness (QED) is 0.437. The molecular formula is C29H36F2N6O2. The Morgan fingerprint density at radius 2 is 1.85 bits per heavy atom. The van der Waals surface area contributed by atoms with E-state index in [-0.39, 0.29) is 11.5 Å². The standard InChI is InChI=1S/C28H34F2N6O.CH2O/c1-18(37)34-12-10-25-24(17-34)28(32-36(25)21-8-4-3-5-9-21)35-11-6-7-19-13-22(20-15-31-33(2)16-20)23(27(29)30)14-26(19)35;1-2/h13-16,21,27H,3-12,17H2,1-2H3;1H2. The molecule has 3 aliphatic rings.